The number of carbonyl (C=O) groups excluding carboxylic acids is 1. The lowest BCUT2D eigenvalue weighted by Crippen LogP contribution is -2.50. The van der Waals surface area contributed by atoms with Crippen LogP contribution >= 0.6 is 0 Å². The summed E-state index contributed by atoms with van der Waals surface area (Å²) >= 11 is 0. The van der Waals surface area contributed by atoms with Gasteiger partial charge in [0.15, 0.2) is 0 Å². The van der Waals surface area contributed by atoms with E-state index in [1.54, 1.807) is 0 Å². The van der Waals surface area contributed by atoms with Gasteiger partial charge in [0.25, 0.3) is 0 Å². The van der Waals surface area contributed by atoms with Crippen molar-refractivity contribution in [2.45, 2.75) is 43.6 Å². The quantitative estimate of drug-likeness (QED) is 0.852. The third-order valence-corrected chi connectivity index (χ3v) is 6.79. The molecule has 3 fully saturated rings. The highest BCUT2D eigenvalue weighted by molar-refractivity contribution is 5.82. The third kappa shape index (κ3) is 3.13. The largest absolute Gasteiger partial charge is 0.341 e. The molecule has 0 aromatic heterocycles. The van der Waals surface area contributed by atoms with Gasteiger partial charge in [0.05, 0.1) is 17.5 Å². The number of nitriles is 1. The minimum absolute atomic E-state index is 0.0422. The maximum absolute atomic E-state index is 13.0. The zero-order chi connectivity index (χ0) is 18.0. The minimum Gasteiger partial charge on any atom is -0.341 e. The molecule has 138 valence electrons. The van der Waals surface area contributed by atoms with Crippen LogP contribution in [-0.2, 0) is 10.2 Å². The summed E-state index contributed by atoms with van der Waals surface area (Å²) in [7, 11) is 0. The van der Waals surface area contributed by atoms with Gasteiger partial charge in [-0.3, -0.25) is 4.79 Å². The molecule has 3 aliphatic heterocycles. The second kappa shape index (κ2) is 7.02. The highest BCUT2D eigenvalue weighted by Gasteiger charge is 2.45. The van der Waals surface area contributed by atoms with Crippen molar-refractivity contribution in [1.82, 2.24) is 15.5 Å². The van der Waals surface area contributed by atoms with Crippen LogP contribution in [0, 0.1) is 16.7 Å². The van der Waals surface area contributed by atoms with Crippen molar-refractivity contribution in [3.05, 3.63) is 35.9 Å². The predicted octanol–water partition coefficient (Wildman–Crippen LogP) is 1.80. The molecule has 0 aliphatic carbocycles. The molecular formula is C21H28N4O. The topological polar surface area (TPSA) is 68.2 Å². The van der Waals surface area contributed by atoms with Gasteiger partial charge in [0.2, 0.25) is 5.91 Å². The first kappa shape index (κ1) is 17.5. The van der Waals surface area contributed by atoms with Crippen LogP contribution in [0.2, 0.25) is 0 Å². The van der Waals surface area contributed by atoms with E-state index in [4.69, 9.17) is 0 Å². The average molecular weight is 352 g/mol. The molecule has 0 saturated carbocycles. The van der Waals surface area contributed by atoms with Gasteiger partial charge in [-0.05, 0) is 56.2 Å². The van der Waals surface area contributed by atoms with Gasteiger partial charge in [-0.25, -0.2) is 0 Å². The van der Waals surface area contributed by atoms with Crippen LogP contribution in [0.1, 0.15) is 37.7 Å². The molecule has 1 atom stereocenters. The lowest BCUT2D eigenvalue weighted by Gasteiger charge is -2.39. The first-order chi connectivity index (χ1) is 12.7. The van der Waals surface area contributed by atoms with Crippen LogP contribution < -0.4 is 10.6 Å². The van der Waals surface area contributed by atoms with Crippen molar-refractivity contribution < 1.29 is 4.79 Å². The highest BCUT2D eigenvalue weighted by atomic mass is 16.2. The zero-order valence-electron chi connectivity index (χ0n) is 15.3. The van der Waals surface area contributed by atoms with E-state index >= 15 is 0 Å². The Bertz CT molecular complexity index is 682. The van der Waals surface area contributed by atoms with E-state index in [2.05, 4.69) is 16.7 Å². The Morgan fingerprint density at radius 1 is 1.12 bits per heavy atom. The summed E-state index contributed by atoms with van der Waals surface area (Å²) in [4.78, 5) is 15.0. The molecule has 3 heterocycles. The molecule has 5 nitrogen and oxygen atoms in total. The fourth-order valence-electron chi connectivity index (χ4n) is 4.98. The Balaban J connectivity index is 1.39. The summed E-state index contributed by atoms with van der Waals surface area (Å²) in [5.41, 5.74) is 0.946. The molecule has 1 spiro atoms. The molecule has 3 aliphatic rings. The lowest BCUT2D eigenvalue weighted by molar-refractivity contribution is -0.134. The van der Waals surface area contributed by atoms with E-state index in [0.29, 0.717) is 18.5 Å². The Morgan fingerprint density at radius 2 is 1.81 bits per heavy atom. The van der Waals surface area contributed by atoms with Crippen molar-refractivity contribution in [2.75, 3.05) is 32.7 Å². The smallest absolute Gasteiger partial charge is 0.239 e. The number of rotatable bonds is 2. The fraction of sp³-hybridized carbons (Fsp3) is 0.619. The number of hydrogen-bond donors (Lipinski definition) is 2. The summed E-state index contributed by atoms with van der Waals surface area (Å²) in [5, 5.41) is 16.7. The Morgan fingerprint density at radius 3 is 2.46 bits per heavy atom. The minimum atomic E-state index is -0.447. The molecular weight excluding hydrogens is 324 g/mol. The predicted molar refractivity (Wildman–Crippen MR) is 100 cm³/mol. The van der Waals surface area contributed by atoms with Crippen LogP contribution in [0.15, 0.2) is 30.3 Å². The van der Waals surface area contributed by atoms with Gasteiger partial charge >= 0.3 is 0 Å². The molecule has 1 amide bonds. The molecule has 1 aromatic rings. The molecule has 0 bridgehead atoms. The number of amides is 1. The van der Waals surface area contributed by atoms with Gasteiger partial charge in [0.1, 0.15) is 0 Å². The van der Waals surface area contributed by atoms with Crippen LogP contribution in [0.4, 0.5) is 0 Å². The van der Waals surface area contributed by atoms with Crippen LogP contribution in [0.5, 0.6) is 0 Å². The van der Waals surface area contributed by atoms with Crippen molar-refractivity contribution in [2.24, 2.45) is 5.41 Å². The van der Waals surface area contributed by atoms with E-state index in [-0.39, 0.29) is 11.9 Å². The normalized spacial score (nSPS) is 27.2. The number of piperidine rings is 2. The average Bonchev–Trinajstić information content (AvgIpc) is 3.12. The highest BCUT2D eigenvalue weighted by Crippen LogP contribution is 2.39. The Kier molecular flexibility index (Phi) is 4.73. The molecule has 2 N–H and O–H groups in total. The van der Waals surface area contributed by atoms with Crippen LogP contribution in [0.3, 0.4) is 0 Å². The molecule has 1 unspecified atom stereocenters. The van der Waals surface area contributed by atoms with Gasteiger partial charge in [-0.1, -0.05) is 30.3 Å². The number of benzene rings is 1. The molecule has 5 heteroatoms. The molecule has 3 saturated heterocycles. The fourth-order valence-corrected chi connectivity index (χ4v) is 4.98. The van der Waals surface area contributed by atoms with Gasteiger partial charge < -0.3 is 15.5 Å². The maximum Gasteiger partial charge on any atom is 0.239 e. The zero-order valence-corrected chi connectivity index (χ0v) is 15.3. The van der Waals surface area contributed by atoms with Gasteiger partial charge in [0, 0.05) is 19.6 Å². The number of hydrogen-bond acceptors (Lipinski definition) is 4. The first-order valence-electron chi connectivity index (χ1n) is 9.86. The molecule has 4 rings (SSSR count). The molecule has 26 heavy (non-hydrogen) atoms. The van der Waals surface area contributed by atoms with E-state index in [1.807, 2.05) is 35.2 Å². The van der Waals surface area contributed by atoms with E-state index in [1.165, 1.54) is 0 Å². The second-order valence-corrected chi connectivity index (χ2v) is 8.27. The van der Waals surface area contributed by atoms with Crippen LogP contribution in [-0.4, -0.2) is 49.6 Å². The number of nitrogens with one attached hydrogen (secondary N) is 2. The van der Waals surface area contributed by atoms with Crippen LogP contribution in [0.25, 0.3) is 0 Å². The summed E-state index contributed by atoms with van der Waals surface area (Å²) in [5.74, 6) is 0.236. The number of nitrogens with zero attached hydrogens (tertiary/aromatic N) is 2. The summed E-state index contributed by atoms with van der Waals surface area (Å²) in [6.07, 6.45) is 4.73. The molecule has 0 radical (unpaired) electrons. The number of likely N-dealkylation sites (tertiary alicyclic amines) is 1. The van der Waals surface area contributed by atoms with Crippen molar-refractivity contribution in [3.63, 3.8) is 0 Å². The Hall–Kier alpha value is -1.90. The van der Waals surface area contributed by atoms with Gasteiger partial charge in [-0.15, -0.1) is 0 Å². The summed E-state index contributed by atoms with van der Waals surface area (Å²) < 4.78 is 0. The van der Waals surface area contributed by atoms with E-state index in [0.717, 1.165) is 57.3 Å². The lowest BCUT2D eigenvalue weighted by atomic mass is 9.74. The standard InChI is InChI=1S/C21H28N4O/c22-15-21(17-4-2-1-3-5-17)8-12-25(13-9-21)19(26)18-14-20(16-24-18)6-10-23-11-7-20/h1-5,18,23-24H,6-14,16H2. The van der Waals surface area contributed by atoms with Gasteiger partial charge in [-0.2, -0.15) is 5.26 Å². The maximum atomic E-state index is 13.0. The first-order valence-corrected chi connectivity index (χ1v) is 9.86. The number of carbonyl (C=O) groups is 1. The SMILES string of the molecule is N#CC1(c2ccccc2)CCN(C(=O)C2CC3(CCNCC3)CN2)CC1. The third-order valence-electron chi connectivity index (χ3n) is 6.79. The monoisotopic (exact) mass is 352 g/mol. The second-order valence-electron chi connectivity index (χ2n) is 8.27. The van der Waals surface area contributed by atoms with E-state index < -0.39 is 5.41 Å². The summed E-state index contributed by atoms with van der Waals surface area (Å²) in [6, 6.07) is 12.6. The van der Waals surface area contributed by atoms with E-state index in [9.17, 15) is 10.1 Å². The van der Waals surface area contributed by atoms with Crippen molar-refractivity contribution in [1.29, 1.82) is 5.26 Å². The van der Waals surface area contributed by atoms with Crippen molar-refractivity contribution in [3.8, 4) is 6.07 Å². The Labute approximate surface area is 155 Å². The summed E-state index contributed by atoms with van der Waals surface area (Å²) in [6.45, 7) is 4.44. The van der Waals surface area contributed by atoms with Crippen molar-refractivity contribution >= 4 is 5.91 Å². The molecule has 1 aromatic carbocycles.